The fraction of sp³-hybridized carbons (Fsp3) is 0.929. The van der Waals surface area contributed by atoms with Crippen LogP contribution in [-0.4, -0.2) is 23.0 Å². The molecule has 1 fully saturated rings. The summed E-state index contributed by atoms with van der Waals surface area (Å²) in [6, 6.07) is 1.15. The Balaban J connectivity index is 1.84. The lowest BCUT2D eigenvalue weighted by molar-refractivity contribution is 0.217. The van der Waals surface area contributed by atoms with Gasteiger partial charge in [0.25, 0.3) is 0 Å². The molecule has 0 radical (unpaired) electrons. The Kier molecular flexibility index (Phi) is 4.06. The van der Waals surface area contributed by atoms with Gasteiger partial charge in [0, 0.05) is 11.8 Å². The quantitative estimate of drug-likeness (QED) is 0.772. The van der Waals surface area contributed by atoms with Crippen LogP contribution in [0.4, 0.5) is 0 Å². The number of amidine groups is 1. The van der Waals surface area contributed by atoms with Gasteiger partial charge in [-0.3, -0.25) is 4.99 Å². The van der Waals surface area contributed by atoms with E-state index in [0.29, 0.717) is 17.5 Å². The van der Waals surface area contributed by atoms with Crippen molar-refractivity contribution in [1.82, 2.24) is 5.32 Å². The lowest BCUT2D eigenvalue weighted by Crippen LogP contribution is -2.40. The second-order valence-electron chi connectivity index (χ2n) is 6.55. The van der Waals surface area contributed by atoms with Crippen molar-refractivity contribution in [3.8, 4) is 0 Å². The Bertz CT molecular complexity index is 289. The molecule has 0 spiro atoms. The van der Waals surface area contributed by atoms with Crippen molar-refractivity contribution in [2.45, 2.75) is 65.5 Å². The van der Waals surface area contributed by atoms with Gasteiger partial charge >= 0.3 is 0 Å². The number of aliphatic imine (C=N–C) groups is 1. The number of nitrogens with zero attached hydrogens (tertiary/aromatic N) is 1. The predicted molar refractivity (Wildman–Crippen MR) is 77.7 cm³/mol. The number of thioether (sulfide) groups is 1. The van der Waals surface area contributed by atoms with Gasteiger partial charge in [-0.2, -0.15) is 0 Å². The van der Waals surface area contributed by atoms with Crippen molar-refractivity contribution in [2.75, 3.05) is 5.75 Å². The van der Waals surface area contributed by atoms with Crippen molar-refractivity contribution < 1.29 is 0 Å². The van der Waals surface area contributed by atoms with E-state index in [-0.39, 0.29) is 0 Å². The molecule has 0 saturated heterocycles. The summed E-state index contributed by atoms with van der Waals surface area (Å²) in [5.41, 5.74) is 0.557. The number of hydrogen-bond donors (Lipinski definition) is 1. The average Bonchev–Trinajstić information content (AvgIpc) is 2.27. The first kappa shape index (κ1) is 13.3. The molecule has 1 aliphatic carbocycles. The van der Waals surface area contributed by atoms with E-state index in [0.717, 1.165) is 5.92 Å². The molecule has 0 bridgehead atoms. The van der Waals surface area contributed by atoms with Crippen LogP contribution < -0.4 is 5.32 Å². The summed E-state index contributed by atoms with van der Waals surface area (Å²) in [4.78, 5) is 4.76. The first-order valence-corrected chi connectivity index (χ1v) is 7.92. The lowest BCUT2D eigenvalue weighted by Gasteiger charge is -2.36. The monoisotopic (exact) mass is 254 g/mol. The summed E-state index contributed by atoms with van der Waals surface area (Å²) in [7, 11) is 0. The molecule has 0 aromatic carbocycles. The lowest BCUT2D eigenvalue weighted by atomic mass is 9.76. The minimum atomic E-state index is 0.485. The van der Waals surface area contributed by atoms with Gasteiger partial charge in [-0.25, -0.2) is 0 Å². The van der Waals surface area contributed by atoms with E-state index in [1.807, 2.05) is 11.8 Å². The fourth-order valence-corrected chi connectivity index (χ4v) is 3.69. The van der Waals surface area contributed by atoms with Crippen LogP contribution in [0.3, 0.4) is 0 Å². The Morgan fingerprint density at radius 1 is 1.24 bits per heavy atom. The van der Waals surface area contributed by atoms with E-state index in [9.17, 15) is 0 Å². The van der Waals surface area contributed by atoms with Gasteiger partial charge in [-0.1, -0.05) is 32.5 Å². The largest absolute Gasteiger partial charge is 0.362 e. The van der Waals surface area contributed by atoms with E-state index in [4.69, 9.17) is 4.99 Å². The summed E-state index contributed by atoms with van der Waals surface area (Å²) < 4.78 is 0. The molecule has 1 saturated carbocycles. The van der Waals surface area contributed by atoms with Gasteiger partial charge in [0.1, 0.15) is 0 Å². The second-order valence-corrected chi connectivity index (χ2v) is 7.55. The Hall–Kier alpha value is -0.180. The zero-order valence-electron chi connectivity index (χ0n) is 11.6. The standard InChI is InChI=1S/C14H26N2S/c1-10-9-17-13(15-11(10)2)16-12-5-7-14(3,4)8-6-12/h10-12H,5-9H2,1-4H3,(H,15,16). The van der Waals surface area contributed by atoms with Gasteiger partial charge in [-0.05, 0) is 43.9 Å². The summed E-state index contributed by atoms with van der Waals surface area (Å²) in [5, 5.41) is 4.85. The molecule has 3 heteroatoms. The van der Waals surface area contributed by atoms with Gasteiger partial charge in [0.15, 0.2) is 5.17 Å². The summed E-state index contributed by atoms with van der Waals surface area (Å²) in [5.74, 6) is 1.93. The van der Waals surface area contributed by atoms with E-state index in [1.165, 1.54) is 36.6 Å². The zero-order chi connectivity index (χ0) is 12.5. The third-order valence-electron chi connectivity index (χ3n) is 4.29. The Labute approximate surface area is 110 Å². The van der Waals surface area contributed by atoms with Gasteiger partial charge in [0.2, 0.25) is 0 Å². The van der Waals surface area contributed by atoms with E-state index >= 15 is 0 Å². The van der Waals surface area contributed by atoms with Crippen molar-refractivity contribution in [3.05, 3.63) is 0 Å². The van der Waals surface area contributed by atoms with Crippen LogP contribution in [0.25, 0.3) is 0 Å². The van der Waals surface area contributed by atoms with Crippen LogP contribution >= 0.6 is 11.8 Å². The molecule has 98 valence electrons. The molecule has 1 aliphatic heterocycles. The minimum Gasteiger partial charge on any atom is -0.362 e. The minimum absolute atomic E-state index is 0.485. The summed E-state index contributed by atoms with van der Waals surface area (Å²) in [6.45, 7) is 9.30. The Morgan fingerprint density at radius 3 is 2.47 bits per heavy atom. The van der Waals surface area contributed by atoms with Crippen LogP contribution in [0, 0.1) is 11.3 Å². The van der Waals surface area contributed by atoms with Crippen molar-refractivity contribution in [1.29, 1.82) is 0 Å². The highest BCUT2D eigenvalue weighted by atomic mass is 32.2. The van der Waals surface area contributed by atoms with Crippen molar-refractivity contribution >= 4 is 16.9 Å². The summed E-state index contributed by atoms with van der Waals surface area (Å²) >= 11 is 1.91. The molecule has 1 heterocycles. The summed E-state index contributed by atoms with van der Waals surface area (Å²) in [6.07, 6.45) is 5.29. The fourth-order valence-electron chi connectivity index (χ4n) is 2.50. The van der Waals surface area contributed by atoms with Crippen molar-refractivity contribution in [2.24, 2.45) is 16.3 Å². The predicted octanol–water partition coefficient (Wildman–Crippen LogP) is 3.67. The first-order valence-electron chi connectivity index (χ1n) is 6.93. The maximum atomic E-state index is 4.76. The highest BCUT2D eigenvalue weighted by Gasteiger charge is 2.28. The number of hydrogen-bond acceptors (Lipinski definition) is 3. The van der Waals surface area contributed by atoms with Crippen molar-refractivity contribution in [3.63, 3.8) is 0 Å². The average molecular weight is 254 g/mol. The highest BCUT2D eigenvalue weighted by Crippen LogP contribution is 2.35. The van der Waals surface area contributed by atoms with E-state index in [1.54, 1.807) is 0 Å². The SMILES string of the molecule is CC1CSC(NC2CCC(C)(C)CC2)=NC1C. The molecule has 2 aliphatic rings. The van der Waals surface area contributed by atoms with Gasteiger partial charge in [0.05, 0.1) is 6.04 Å². The van der Waals surface area contributed by atoms with Crippen LogP contribution in [0.15, 0.2) is 4.99 Å². The van der Waals surface area contributed by atoms with Crippen LogP contribution in [0.1, 0.15) is 53.4 Å². The highest BCUT2D eigenvalue weighted by molar-refractivity contribution is 8.13. The molecule has 0 amide bonds. The van der Waals surface area contributed by atoms with Gasteiger partial charge in [-0.15, -0.1) is 0 Å². The molecular formula is C14H26N2S. The number of nitrogens with one attached hydrogen (secondary N) is 1. The van der Waals surface area contributed by atoms with Crippen LogP contribution in [-0.2, 0) is 0 Å². The van der Waals surface area contributed by atoms with E-state index in [2.05, 4.69) is 33.0 Å². The Morgan fingerprint density at radius 2 is 1.88 bits per heavy atom. The molecule has 2 rings (SSSR count). The molecule has 1 N–H and O–H groups in total. The molecule has 2 unspecified atom stereocenters. The molecule has 2 nitrogen and oxygen atoms in total. The molecule has 0 aromatic heterocycles. The third-order valence-corrected chi connectivity index (χ3v) is 5.48. The molecule has 17 heavy (non-hydrogen) atoms. The molecular weight excluding hydrogens is 228 g/mol. The normalized spacial score (nSPS) is 34.2. The number of rotatable bonds is 1. The van der Waals surface area contributed by atoms with Crippen LogP contribution in [0.5, 0.6) is 0 Å². The first-order chi connectivity index (χ1) is 7.96. The zero-order valence-corrected chi connectivity index (χ0v) is 12.4. The third kappa shape index (κ3) is 3.64. The van der Waals surface area contributed by atoms with Crippen LogP contribution in [0.2, 0.25) is 0 Å². The molecule has 2 atom stereocenters. The van der Waals surface area contributed by atoms with Gasteiger partial charge < -0.3 is 5.32 Å². The topological polar surface area (TPSA) is 24.4 Å². The molecule has 0 aromatic rings. The maximum Gasteiger partial charge on any atom is 0.157 e. The maximum absolute atomic E-state index is 4.76. The second kappa shape index (κ2) is 5.21. The smallest absolute Gasteiger partial charge is 0.157 e. The van der Waals surface area contributed by atoms with E-state index < -0.39 is 0 Å².